The van der Waals surface area contributed by atoms with E-state index in [0.29, 0.717) is 0 Å². The summed E-state index contributed by atoms with van der Waals surface area (Å²) in [5, 5.41) is 13.1. The van der Waals surface area contributed by atoms with Crippen LogP contribution in [0.2, 0.25) is 0 Å². The topological polar surface area (TPSA) is 66.3 Å². The fourth-order valence-corrected chi connectivity index (χ4v) is 4.73. The first-order chi connectivity index (χ1) is 10.8. The molecule has 22 heavy (non-hydrogen) atoms. The number of carbonyl (C=O) groups is 1. The van der Waals surface area contributed by atoms with Gasteiger partial charge >= 0.3 is 5.97 Å². The van der Waals surface area contributed by atoms with Gasteiger partial charge in [-0.05, 0) is 49.3 Å². The monoisotopic (exact) mass is 306 g/mol. The van der Waals surface area contributed by atoms with E-state index in [9.17, 15) is 4.79 Å². The van der Waals surface area contributed by atoms with E-state index >= 15 is 0 Å². The third-order valence-corrected chi connectivity index (χ3v) is 6.04. The summed E-state index contributed by atoms with van der Waals surface area (Å²) >= 11 is 0. The van der Waals surface area contributed by atoms with Crippen LogP contribution < -0.4 is 5.32 Å². The van der Waals surface area contributed by atoms with Gasteiger partial charge in [0, 0.05) is 6.54 Å². The smallest absolute Gasteiger partial charge is 0.322 e. The van der Waals surface area contributed by atoms with E-state index < -0.39 is 0 Å². The third kappa shape index (κ3) is 2.73. The number of fused-ring (bicyclic) bond motifs is 2. The minimum atomic E-state index is -0.0813. The quantitative estimate of drug-likeness (QED) is 0.851. The molecule has 5 unspecified atom stereocenters. The van der Waals surface area contributed by atoms with Crippen molar-refractivity contribution in [3.8, 4) is 0 Å². The van der Waals surface area contributed by atoms with Gasteiger partial charge < -0.3 is 10.2 Å². The molecule has 2 aliphatic carbocycles. The fourth-order valence-electron chi connectivity index (χ4n) is 4.73. The lowest BCUT2D eigenvalue weighted by Gasteiger charge is -2.38. The Hall–Kier alpha value is -1.17. The number of nitrogens with one attached hydrogen (secondary N) is 1. The summed E-state index contributed by atoms with van der Waals surface area (Å²) in [4.78, 5) is 18.1. The van der Waals surface area contributed by atoms with Crippen LogP contribution in [0.15, 0.2) is 10.3 Å². The Morgan fingerprint density at radius 2 is 1.95 bits per heavy atom. The van der Waals surface area contributed by atoms with E-state index in [1.165, 1.54) is 37.3 Å². The number of hydroxylamine groups is 1. The van der Waals surface area contributed by atoms with Gasteiger partial charge in [0.15, 0.2) is 0 Å². The summed E-state index contributed by atoms with van der Waals surface area (Å²) in [6.07, 6.45) is 9.51. The molecule has 2 aliphatic heterocycles. The zero-order chi connectivity index (χ0) is 14.9. The number of hydrogen-bond donors (Lipinski definition) is 1. The molecular formula is C16H26N4O2. The molecule has 0 aromatic rings. The van der Waals surface area contributed by atoms with Gasteiger partial charge in [-0.2, -0.15) is 5.11 Å². The number of rotatable bonds is 2. The molecule has 0 aromatic carbocycles. The molecule has 0 radical (unpaired) electrons. The summed E-state index contributed by atoms with van der Waals surface area (Å²) in [5.41, 5.74) is 0. The molecule has 0 amide bonds. The van der Waals surface area contributed by atoms with Crippen molar-refractivity contribution in [1.82, 2.24) is 10.5 Å². The van der Waals surface area contributed by atoms with E-state index in [1.807, 2.05) is 0 Å². The minimum Gasteiger partial charge on any atom is -0.322 e. The summed E-state index contributed by atoms with van der Waals surface area (Å²) in [5.74, 6) is 1.59. The first kappa shape index (κ1) is 14.4. The van der Waals surface area contributed by atoms with Crippen molar-refractivity contribution in [2.75, 3.05) is 13.1 Å². The van der Waals surface area contributed by atoms with Crippen LogP contribution >= 0.6 is 0 Å². The number of carbonyl (C=O) groups excluding carboxylic acids is 1. The minimum absolute atomic E-state index is 0.0651. The molecule has 4 rings (SSSR count). The van der Waals surface area contributed by atoms with Gasteiger partial charge in [-0.3, -0.25) is 0 Å². The second kappa shape index (κ2) is 6.14. The summed E-state index contributed by atoms with van der Waals surface area (Å²) in [6.45, 7) is 1.77. The lowest BCUT2D eigenvalue weighted by Crippen LogP contribution is -2.48. The van der Waals surface area contributed by atoms with Crippen LogP contribution in [0, 0.1) is 17.8 Å². The van der Waals surface area contributed by atoms with Gasteiger partial charge in [0.2, 0.25) is 0 Å². The van der Waals surface area contributed by atoms with E-state index in [1.54, 1.807) is 0 Å². The predicted octanol–water partition coefficient (Wildman–Crippen LogP) is 2.46. The lowest BCUT2D eigenvalue weighted by molar-refractivity contribution is -0.208. The Balaban J connectivity index is 1.33. The van der Waals surface area contributed by atoms with Crippen LogP contribution in [0.1, 0.15) is 51.4 Å². The first-order valence-electron chi connectivity index (χ1n) is 8.94. The molecule has 6 heteroatoms. The molecule has 0 aromatic heterocycles. The van der Waals surface area contributed by atoms with E-state index in [0.717, 1.165) is 44.2 Å². The average molecular weight is 306 g/mol. The Morgan fingerprint density at radius 1 is 1.09 bits per heavy atom. The predicted molar refractivity (Wildman–Crippen MR) is 80.6 cm³/mol. The summed E-state index contributed by atoms with van der Waals surface area (Å²) in [6, 6.07) is 0.270. The normalized spacial score (nSPS) is 40.9. The van der Waals surface area contributed by atoms with Crippen LogP contribution in [0.4, 0.5) is 0 Å². The highest BCUT2D eigenvalue weighted by atomic mass is 16.7. The van der Waals surface area contributed by atoms with Gasteiger partial charge in [-0.25, -0.2) is 4.79 Å². The maximum atomic E-state index is 12.5. The number of piperidine rings is 1. The SMILES string of the molecule is O=C(ON1N=NC2CNCCC21)C1CCC2CCCCC2C1. The molecule has 0 bridgehead atoms. The highest BCUT2D eigenvalue weighted by Gasteiger charge is 2.40. The average Bonchev–Trinajstić information content (AvgIpc) is 2.97. The standard InChI is InChI=1S/C16H26N4O2/c21-16(13-6-5-11-3-1-2-4-12(11)9-13)22-20-15-7-8-17-10-14(15)18-19-20/h11-15,17H,1-10H2. The van der Waals surface area contributed by atoms with Crippen molar-refractivity contribution < 1.29 is 9.63 Å². The van der Waals surface area contributed by atoms with E-state index in [2.05, 4.69) is 15.7 Å². The molecule has 0 spiro atoms. The van der Waals surface area contributed by atoms with Crippen molar-refractivity contribution in [3.05, 3.63) is 0 Å². The third-order valence-electron chi connectivity index (χ3n) is 6.04. The van der Waals surface area contributed by atoms with Gasteiger partial charge in [0.1, 0.15) is 12.1 Å². The molecular weight excluding hydrogens is 280 g/mol. The highest BCUT2D eigenvalue weighted by Crippen LogP contribution is 2.43. The Morgan fingerprint density at radius 3 is 2.86 bits per heavy atom. The van der Waals surface area contributed by atoms with Crippen LogP contribution in [0.3, 0.4) is 0 Å². The van der Waals surface area contributed by atoms with Crippen LogP contribution in [-0.2, 0) is 9.63 Å². The van der Waals surface area contributed by atoms with Gasteiger partial charge in [-0.15, -0.1) is 0 Å². The molecule has 2 saturated carbocycles. The second-order valence-corrected chi connectivity index (χ2v) is 7.36. The molecule has 1 N–H and O–H groups in total. The molecule has 4 aliphatic rings. The molecule has 3 fully saturated rings. The molecule has 2 heterocycles. The fraction of sp³-hybridized carbons (Fsp3) is 0.938. The van der Waals surface area contributed by atoms with Crippen LogP contribution in [0.5, 0.6) is 0 Å². The maximum Gasteiger partial charge on any atom is 0.337 e. The van der Waals surface area contributed by atoms with Crippen molar-refractivity contribution >= 4 is 5.97 Å². The second-order valence-electron chi connectivity index (χ2n) is 7.36. The number of hydrogen-bond acceptors (Lipinski definition) is 6. The van der Waals surface area contributed by atoms with Crippen molar-refractivity contribution in [2.24, 2.45) is 28.1 Å². The van der Waals surface area contributed by atoms with Gasteiger partial charge in [0.25, 0.3) is 0 Å². The van der Waals surface area contributed by atoms with Crippen LogP contribution in [-0.4, -0.2) is 36.3 Å². The first-order valence-corrected chi connectivity index (χ1v) is 8.94. The zero-order valence-electron chi connectivity index (χ0n) is 13.1. The maximum absolute atomic E-state index is 12.5. The van der Waals surface area contributed by atoms with Crippen molar-refractivity contribution in [2.45, 2.75) is 63.5 Å². The Labute approximate surface area is 131 Å². The zero-order valence-corrected chi connectivity index (χ0v) is 13.1. The van der Waals surface area contributed by atoms with Gasteiger partial charge in [0.05, 0.1) is 5.92 Å². The molecule has 6 nitrogen and oxygen atoms in total. The molecule has 5 atom stereocenters. The largest absolute Gasteiger partial charge is 0.337 e. The summed E-state index contributed by atoms with van der Waals surface area (Å²) in [7, 11) is 0. The number of nitrogens with zero attached hydrogens (tertiary/aromatic N) is 3. The molecule has 1 saturated heterocycles. The Kier molecular flexibility index (Phi) is 4.03. The van der Waals surface area contributed by atoms with Crippen molar-refractivity contribution in [1.29, 1.82) is 0 Å². The highest BCUT2D eigenvalue weighted by molar-refractivity contribution is 5.72. The lowest BCUT2D eigenvalue weighted by atomic mass is 9.67. The van der Waals surface area contributed by atoms with Gasteiger partial charge in [-0.1, -0.05) is 30.9 Å². The van der Waals surface area contributed by atoms with E-state index in [-0.39, 0.29) is 24.0 Å². The Bertz CT molecular complexity index is 455. The van der Waals surface area contributed by atoms with Crippen molar-refractivity contribution in [3.63, 3.8) is 0 Å². The molecule has 122 valence electrons. The van der Waals surface area contributed by atoms with Crippen LogP contribution in [0.25, 0.3) is 0 Å². The van der Waals surface area contributed by atoms with E-state index in [4.69, 9.17) is 4.84 Å². The summed E-state index contributed by atoms with van der Waals surface area (Å²) < 4.78 is 0.